The summed E-state index contributed by atoms with van der Waals surface area (Å²) in [5, 5.41) is 22.0. The maximum atomic E-state index is 10.2. The Morgan fingerprint density at radius 2 is 2.00 bits per heavy atom. The molecule has 0 aromatic heterocycles. The molecular weight excluding hydrogens is 200 g/mol. The van der Waals surface area contributed by atoms with Crippen LogP contribution in [0.4, 0.5) is 0 Å². The van der Waals surface area contributed by atoms with Crippen LogP contribution in [0, 0.1) is 0 Å². The van der Waals surface area contributed by atoms with E-state index < -0.39 is 6.10 Å². The molecule has 0 spiro atoms. The molecule has 16 heavy (non-hydrogen) atoms. The van der Waals surface area contributed by atoms with Crippen LogP contribution in [0.2, 0.25) is 0 Å². The van der Waals surface area contributed by atoms with Gasteiger partial charge in [0.2, 0.25) is 0 Å². The molecule has 0 saturated heterocycles. The van der Waals surface area contributed by atoms with Crippen LogP contribution in [0.3, 0.4) is 0 Å². The van der Waals surface area contributed by atoms with E-state index in [0.29, 0.717) is 0 Å². The van der Waals surface area contributed by atoms with Gasteiger partial charge in [0.15, 0.2) is 0 Å². The number of aromatic hydroxyl groups is 1. The third-order valence-corrected chi connectivity index (χ3v) is 3.40. The normalized spacial score (nSPS) is 19.7. The summed E-state index contributed by atoms with van der Waals surface area (Å²) in [7, 11) is 0. The molecule has 0 saturated carbocycles. The average molecular weight is 214 g/mol. The summed E-state index contributed by atoms with van der Waals surface area (Å²) < 4.78 is 0. The Kier molecular flexibility index (Phi) is 2.11. The fourth-order valence-electron chi connectivity index (χ4n) is 2.61. The maximum absolute atomic E-state index is 10.2. The molecule has 1 atom stereocenters. The second-order valence-corrected chi connectivity index (χ2v) is 4.43. The molecule has 2 heteroatoms. The molecule has 1 unspecified atom stereocenters. The molecule has 2 aromatic rings. The lowest BCUT2D eigenvalue weighted by Gasteiger charge is -2.23. The zero-order valence-corrected chi connectivity index (χ0v) is 8.98. The summed E-state index contributed by atoms with van der Waals surface area (Å²) in [5.41, 5.74) is 1.83. The van der Waals surface area contributed by atoms with Crippen molar-refractivity contribution in [3.05, 3.63) is 41.5 Å². The zero-order valence-electron chi connectivity index (χ0n) is 8.98. The number of aliphatic hydroxyl groups excluding tert-OH is 1. The SMILES string of the molecule is Oc1c2c(cc3ccccc13)CCCC2O. The molecule has 2 nitrogen and oxygen atoms in total. The lowest BCUT2D eigenvalue weighted by molar-refractivity contribution is 0.153. The number of benzene rings is 2. The van der Waals surface area contributed by atoms with Crippen molar-refractivity contribution >= 4 is 10.8 Å². The van der Waals surface area contributed by atoms with Crippen molar-refractivity contribution < 1.29 is 10.2 Å². The number of fused-ring (bicyclic) bond motifs is 2. The smallest absolute Gasteiger partial charge is 0.129 e. The highest BCUT2D eigenvalue weighted by atomic mass is 16.3. The molecule has 0 heterocycles. The molecule has 2 aromatic carbocycles. The van der Waals surface area contributed by atoms with Crippen LogP contribution in [0.15, 0.2) is 30.3 Å². The van der Waals surface area contributed by atoms with Crippen molar-refractivity contribution in [2.24, 2.45) is 0 Å². The van der Waals surface area contributed by atoms with Gasteiger partial charge in [0.05, 0.1) is 6.10 Å². The van der Waals surface area contributed by atoms with Crippen molar-refractivity contribution in [3.8, 4) is 5.75 Å². The molecule has 2 N–H and O–H groups in total. The molecule has 0 radical (unpaired) electrons. The number of hydrogen-bond donors (Lipinski definition) is 2. The number of aryl methyl sites for hydroxylation is 1. The van der Waals surface area contributed by atoms with Crippen LogP contribution in [0.5, 0.6) is 5.75 Å². The number of phenolic OH excluding ortho intramolecular Hbond substituents is 1. The molecule has 3 rings (SSSR count). The van der Waals surface area contributed by atoms with Crippen LogP contribution >= 0.6 is 0 Å². The maximum Gasteiger partial charge on any atom is 0.129 e. The van der Waals surface area contributed by atoms with Crippen molar-refractivity contribution in [1.29, 1.82) is 0 Å². The quantitative estimate of drug-likeness (QED) is 0.708. The predicted octanol–water partition coefficient (Wildman–Crippen LogP) is 2.92. The van der Waals surface area contributed by atoms with Crippen LogP contribution in [-0.4, -0.2) is 10.2 Å². The van der Waals surface area contributed by atoms with Gasteiger partial charge in [-0.1, -0.05) is 30.3 Å². The van der Waals surface area contributed by atoms with Crippen LogP contribution < -0.4 is 0 Å². The van der Waals surface area contributed by atoms with Gasteiger partial charge < -0.3 is 10.2 Å². The first-order valence-corrected chi connectivity index (χ1v) is 5.69. The standard InChI is InChI=1S/C14H14O2/c15-12-7-3-5-10-8-9-4-1-2-6-11(9)14(16)13(10)12/h1-2,4,6,8,12,15-16H,3,5,7H2. The third-order valence-electron chi connectivity index (χ3n) is 3.40. The van der Waals surface area contributed by atoms with Gasteiger partial charge in [0, 0.05) is 10.9 Å². The van der Waals surface area contributed by atoms with Crippen molar-refractivity contribution in [3.63, 3.8) is 0 Å². The lowest BCUT2D eigenvalue weighted by atomic mass is 9.86. The van der Waals surface area contributed by atoms with E-state index in [9.17, 15) is 10.2 Å². The molecule has 0 aliphatic heterocycles. The van der Waals surface area contributed by atoms with Gasteiger partial charge in [-0.3, -0.25) is 0 Å². The van der Waals surface area contributed by atoms with Crippen LogP contribution in [0.25, 0.3) is 10.8 Å². The number of hydrogen-bond acceptors (Lipinski definition) is 2. The summed E-state index contributed by atoms with van der Waals surface area (Å²) in [6.07, 6.45) is 2.18. The van der Waals surface area contributed by atoms with E-state index in [1.165, 1.54) is 0 Å². The van der Waals surface area contributed by atoms with Crippen LogP contribution in [-0.2, 0) is 6.42 Å². The highest BCUT2D eigenvalue weighted by Gasteiger charge is 2.22. The lowest BCUT2D eigenvalue weighted by Crippen LogP contribution is -2.09. The topological polar surface area (TPSA) is 40.5 Å². The fraction of sp³-hybridized carbons (Fsp3) is 0.286. The van der Waals surface area contributed by atoms with Gasteiger partial charge in [-0.2, -0.15) is 0 Å². The van der Waals surface area contributed by atoms with Gasteiger partial charge >= 0.3 is 0 Å². The van der Waals surface area contributed by atoms with Crippen molar-refractivity contribution in [2.45, 2.75) is 25.4 Å². The molecular formula is C14H14O2. The Morgan fingerprint density at radius 1 is 1.19 bits per heavy atom. The van der Waals surface area contributed by atoms with Crippen molar-refractivity contribution in [1.82, 2.24) is 0 Å². The Balaban J connectivity index is 2.36. The summed E-state index contributed by atoms with van der Waals surface area (Å²) in [6.45, 7) is 0. The van der Waals surface area contributed by atoms with E-state index >= 15 is 0 Å². The summed E-state index contributed by atoms with van der Waals surface area (Å²) in [5.74, 6) is 0.264. The first-order valence-electron chi connectivity index (χ1n) is 5.69. The Labute approximate surface area is 94.2 Å². The summed E-state index contributed by atoms with van der Waals surface area (Å²) in [6, 6.07) is 9.85. The second-order valence-electron chi connectivity index (χ2n) is 4.43. The van der Waals surface area contributed by atoms with Gasteiger partial charge in [0.25, 0.3) is 0 Å². The summed E-state index contributed by atoms with van der Waals surface area (Å²) >= 11 is 0. The summed E-state index contributed by atoms with van der Waals surface area (Å²) in [4.78, 5) is 0. The van der Waals surface area contributed by atoms with E-state index in [0.717, 1.165) is 41.2 Å². The molecule has 1 aliphatic carbocycles. The molecule has 82 valence electrons. The highest BCUT2D eigenvalue weighted by Crippen LogP contribution is 2.40. The minimum atomic E-state index is -0.506. The number of aliphatic hydroxyl groups is 1. The first-order chi connectivity index (χ1) is 7.77. The van der Waals surface area contributed by atoms with Crippen LogP contribution in [0.1, 0.15) is 30.1 Å². The first kappa shape index (κ1) is 9.67. The van der Waals surface area contributed by atoms with E-state index in [1.54, 1.807) is 0 Å². The molecule has 0 amide bonds. The molecule has 1 aliphatic rings. The van der Waals surface area contributed by atoms with E-state index in [4.69, 9.17) is 0 Å². The predicted molar refractivity (Wildman–Crippen MR) is 63.5 cm³/mol. The molecule has 0 bridgehead atoms. The van der Waals surface area contributed by atoms with Gasteiger partial charge in [0.1, 0.15) is 5.75 Å². The van der Waals surface area contributed by atoms with Crippen molar-refractivity contribution in [2.75, 3.05) is 0 Å². The zero-order chi connectivity index (χ0) is 11.1. The number of phenols is 1. The highest BCUT2D eigenvalue weighted by molar-refractivity contribution is 5.90. The fourth-order valence-corrected chi connectivity index (χ4v) is 2.61. The Bertz CT molecular complexity index is 546. The third kappa shape index (κ3) is 1.30. The Hall–Kier alpha value is -1.54. The minimum Gasteiger partial charge on any atom is -0.507 e. The van der Waals surface area contributed by atoms with E-state index in [-0.39, 0.29) is 5.75 Å². The average Bonchev–Trinajstić information content (AvgIpc) is 2.29. The van der Waals surface area contributed by atoms with Gasteiger partial charge in [-0.05, 0) is 30.2 Å². The second kappa shape index (κ2) is 3.49. The minimum absolute atomic E-state index is 0.264. The number of rotatable bonds is 0. The van der Waals surface area contributed by atoms with Gasteiger partial charge in [-0.15, -0.1) is 0 Å². The largest absolute Gasteiger partial charge is 0.507 e. The van der Waals surface area contributed by atoms with E-state index in [1.807, 2.05) is 24.3 Å². The van der Waals surface area contributed by atoms with E-state index in [2.05, 4.69) is 6.07 Å². The van der Waals surface area contributed by atoms with Gasteiger partial charge in [-0.25, -0.2) is 0 Å². The molecule has 0 fully saturated rings. The monoisotopic (exact) mass is 214 g/mol. The Morgan fingerprint density at radius 3 is 2.88 bits per heavy atom.